The molecule has 0 spiro atoms. The predicted molar refractivity (Wildman–Crippen MR) is 72.3 cm³/mol. The highest BCUT2D eigenvalue weighted by Crippen LogP contribution is 2.00. The van der Waals surface area contributed by atoms with E-state index in [9.17, 15) is 4.79 Å². The van der Waals surface area contributed by atoms with Gasteiger partial charge in [0.2, 0.25) is 0 Å². The van der Waals surface area contributed by atoms with E-state index in [1.807, 2.05) is 14.0 Å². The second kappa shape index (κ2) is 8.91. The van der Waals surface area contributed by atoms with E-state index in [2.05, 4.69) is 15.7 Å². The van der Waals surface area contributed by atoms with Crippen LogP contribution in [0.2, 0.25) is 0 Å². The van der Waals surface area contributed by atoms with Gasteiger partial charge in [-0.05, 0) is 13.0 Å². The molecule has 0 aromatic carbocycles. The van der Waals surface area contributed by atoms with Crippen molar-refractivity contribution in [2.75, 3.05) is 33.4 Å². The van der Waals surface area contributed by atoms with Gasteiger partial charge in [0, 0.05) is 39.5 Å². The summed E-state index contributed by atoms with van der Waals surface area (Å²) in [6.45, 7) is 4.68. The average molecular weight is 277 g/mol. The van der Waals surface area contributed by atoms with Crippen molar-refractivity contribution in [3.63, 3.8) is 0 Å². The van der Waals surface area contributed by atoms with Crippen LogP contribution in [0.5, 0.6) is 0 Å². The Hall–Kier alpha value is -1.11. The van der Waals surface area contributed by atoms with Crippen LogP contribution in [0.15, 0.2) is 6.07 Å². The number of halogens is 1. The quantitative estimate of drug-likeness (QED) is 0.694. The fourth-order valence-electron chi connectivity index (χ4n) is 1.33. The number of rotatable bonds is 7. The molecular weight excluding hydrogens is 256 g/mol. The minimum atomic E-state index is -0.137. The van der Waals surface area contributed by atoms with E-state index in [0.29, 0.717) is 18.8 Å². The van der Waals surface area contributed by atoms with E-state index in [1.165, 1.54) is 0 Å². The lowest BCUT2D eigenvalue weighted by Gasteiger charge is -2.04. The molecule has 0 radical (unpaired) electrons. The van der Waals surface area contributed by atoms with Gasteiger partial charge in [0.05, 0.1) is 6.61 Å². The van der Waals surface area contributed by atoms with Gasteiger partial charge in [-0.3, -0.25) is 9.48 Å². The molecule has 0 aliphatic carbocycles. The van der Waals surface area contributed by atoms with Crippen molar-refractivity contribution in [3.05, 3.63) is 17.5 Å². The Morgan fingerprint density at radius 2 is 2.17 bits per heavy atom. The van der Waals surface area contributed by atoms with Crippen molar-refractivity contribution in [3.8, 4) is 0 Å². The Kier molecular flexibility index (Phi) is 8.36. The first kappa shape index (κ1) is 16.9. The van der Waals surface area contributed by atoms with Gasteiger partial charge in [-0.15, -0.1) is 12.4 Å². The van der Waals surface area contributed by atoms with Crippen LogP contribution in [0.25, 0.3) is 0 Å². The molecule has 1 aromatic rings. The number of nitrogens with one attached hydrogen (secondary N) is 2. The predicted octanol–water partition coefficient (Wildman–Crippen LogP) is 0.116. The normalized spacial score (nSPS) is 9.94. The number of ether oxygens (including phenoxy) is 1. The van der Waals surface area contributed by atoms with E-state index in [4.69, 9.17) is 4.74 Å². The average Bonchev–Trinajstić information content (AvgIpc) is 2.64. The number of aromatic nitrogens is 2. The third-order valence-electron chi connectivity index (χ3n) is 2.42. The summed E-state index contributed by atoms with van der Waals surface area (Å²) in [7, 11) is 3.48. The second-order valence-corrected chi connectivity index (χ2v) is 3.79. The summed E-state index contributed by atoms with van der Waals surface area (Å²) in [6.07, 6.45) is 0. The van der Waals surface area contributed by atoms with Crippen molar-refractivity contribution >= 4 is 18.3 Å². The van der Waals surface area contributed by atoms with Crippen LogP contribution in [0, 0.1) is 6.92 Å². The molecule has 0 bridgehead atoms. The fourth-order valence-corrected chi connectivity index (χ4v) is 1.33. The van der Waals surface area contributed by atoms with Crippen molar-refractivity contribution in [2.24, 2.45) is 7.05 Å². The number of amides is 1. The number of aryl methyl sites for hydroxylation is 2. The molecule has 1 heterocycles. The molecule has 0 unspecified atom stereocenters. The monoisotopic (exact) mass is 276 g/mol. The van der Waals surface area contributed by atoms with Gasteiger partial charge in [0.25, 0.3) is 5.91 Å². The molecule has 0 aliphatic rings. The van der Waals surface area contributed by atoms with Crippen LogP contribution < -0.4 is 10.6 Å². The van der Waals surface area contributed by atoms with E-state index >= 15 is 0 Å². The molecule has 0 fully saturated rings. The van der Waals surface area contributed by atoms with Crippen LogP contribution in [-0.4, -0.2) is 49.0 Å². The molecule has 6 nitrogen and oxygen atoms in total. The number of carbonyl (C=O) groups is 1. The standard InChI is InChI=1S/C11H20N4O2.ClH/c1-9-8-10(14-15(9)2)11(16)13-5-4-12-6-7-17-3;/h8,12H,4-7H2,1-3H3,(H,13,16);1H. The molecule has 2 N–H and O–H groups in total. The van der Waals surface area contributed by atoms with Gasteiger partial charge < -0.3 is 15.4 Å². The summed E-state index contributed by atoms with van der Waals surface area (Å²) in [6, 6.07) is 1.77. The number of methoxy groups -OCH3 is 1. The zero-order chi connectivity index (χ0) is 12.7. The van der Waals surface area contributed by atoms with Crippen LogP contribution >= 0.6 is 12.4 Å². The van der Waals surface area contributed by atoms with Crippen molar-refractivity contribution in [1.82, 2.24) is 20.4 Å². The molecule has 18 heavy (non-hydrogen) atoms. The van der Waals surface area contributed by atoms with Gasteiger partial charge in [-0.25, -0.2) is 0 Å². The number of nitrogens with zero attached hydrogens (tertiary/aromatic N) is 2. The second-order valence-electron chi connectivity index (χ2n) is 3.79. The van der Waals surface area contributed by atoms with E-state index in [-0.39, 0.29) is 18.3 Å². The highest BCUT2D eigenvalue weighted by Gasteiger charge is 2.09. The van der Waals surface area contributed by atoms with E-state index in [0.717, 1.165) is 18.8 Å². The minimum Gasteiger partial charge on any atom is -0.383 e. The first-order valence-corrected chi connectivity index (χ1v) is 5.63. The van der Waals surface area contributed by atoms with Gasteiger partial charge >= 0.3 is 0 Å². The van der Waals surface area contributed by atoms with Gasteiger partial charge in [-0.1, -0.05) is 0 Å². The summed E-state index contributed by atoms with van der Waals surface area (Å²) in [5, 5.41) is 10.0. The highest BCUT2D eigenvalue weighted by molar-refractivity contribution is 5.92. The summed E-state index contributed by atoms with van der Waals surface area (Å²) in [5.41, 5.74) is 1.43. The first-order chi connectivity index (χ1) is 8.15. The maximum absolute atomic E-state index is 11.7. The van der Waals surface area contributed by atoms with Crippen molar-refractivity contribution in [2.45, 2.75) is 6.92 Å². The van der Waals surface area contributed by atoms with Gasteiger partial charge in [0.1, 0.15) is 5.69 Å². The van der Waals surface area contributed by atoms with Crippen molar-refractivity contribution < 1.29 is 9.53 Å². The molecule has 1 amide bonds. The molecule has 0 saturated heterocycles. The third-order valence-corrected chi connectivity index (χ3v) is 2.42. The van der Waals surface area contributed by atoms with Crippen molar-refractivity contribution in [1.29, 1.82) is 0 Å². The number of carbonyl (C=O) groups excluding carboxylic acids is 1. The number of hydrogen-bond acceptors (Lipinski definition) is 4. The smallest absolute Gasteiger partial charge is 0.271 e. The Balaban J connectivity index is 0.00000289. The Labute approximate surface area is 113 Å². The molecule has 0 atom stereocenters. The molecule has 0 saturated carbocycles. The topological polar surface area (TPSA) is 68.2 Å². The minimum absolute atomic E-state index is 0. The lowest BCUT2D eigenvalue weighted by atomic mass is 10.3. The van der Waals surface area contributed by atoms with E-state index < -0.39 is 0 Å². The molecular formula is C11H21ClN4O2. The fraction of sp³-hybridized carbons (Fsp3) is 0.636. The molecule has 1 rings (SSSR count). The van der Waals surface area contributed by atoms with Crippen LogP contribution in [0.3, 0.4) is 0 Å². The summed E-state index contributed by atoms with van der Waals surface area (Å²) in [5.74, 6) is -0.137. The first-order valence-electron chi connectivity index (χ1n) is 5.63. The SMILES string of the molecule is COCCNCCNC(=O)c1cc(C)n(C)n1.Cl. The zero-order valence-electron chi connectivity index (χ0n) is 11.0. The Morgan fingerprint density at radius 3 is 2.72 bits per heavy atom. The third kappa shape index (κ3) is 5.48. The van der Waals surface area contributed by atoms with Gasteiger partial charge in [0.15, 0.2) is 0 Å². The highest BCUT2D eigenvalue weighted by atomic mass is 35.5. The number of hydrogen-bond donors (Lipinski definition) is 2. The summed E-state index contributed by atoms with van der Waals surface area (Å²) in [4.78, 5) is 11.7. The van der Waals surface area contributed by atoms with Gasteiger partial charge in [-0.2, -0.15) is 5.10 Å². The summed E-state index contributed by atoms with van der Waals surface area (Å²) < 4.78 is 6.58. The van der Waals surface area contributed by atoms with Crippen LogP contribution in [0.4, 0.5) is 0 Å². The summed E-state index contributed by atoms with van der Waals surface area (Å²) >= 11 is 0. The molecule has 7 heteroatoms. The zero-order valence-corrected chi connectivity index (χ0v) is 11.8. The lowest BCUT2D eigenvalue weighted by Crippen LogP contribution is -2.33. The largest absolute Gasteiger partial charge is 0.383 e. The molecule has 104 valence electrons. The molecule has 0 aliphatic heterocycles. The molecule has 1 aromatic heterocycles. The van der Waals surface area contributed by atoms with Crippen LogP contribution in [0.1, 0.15) is 16.2 Å². The lowest BCUT2D eigenvalue weighted by molar-refractivity contribution is 0.0948. The Bertz CT molecular complexity index is 348. The van der Waals surface area contributed by atoms with E-state index in [1.54, 1.807) is 17.9 Å². The Morgan fingerprint density at radius 1 is 1.44 bits per heavy atom. The van der Waals surface area contributed by atoms with Crippen LogP contribution in [-0.2, 0) is 11.8 Å². The maximum atomic E-state index is 11.7. The maximum Gasteiger partial charge on any atom is 0.271 e.